The van der Waals surface area contributed by atoms with Crippen molar-refractivity contribution in [1.29, 1.82) is 0 Å². The van der Waals surface area contributed by atoms with Crippen LogP contribution in [0.5, 0.6) is 0 Å². The van der Waals surface area contributed by atoms with Gasteiger partial charge in [0.1, 0.15) is 11.3 Å². The molecule has 2 aromatic rings. The maximum absolute atomic E-state index is 5.95. The molecule has 3 rings (SSSR count). The minimum Gasteiger partial charge on any atom is -0.381 e. The fraction of sp³-hybridized carbons (Fsp3) is 0.714. The molecule has 2 unspecified atom stereocenters. The van der Waals surface area contributed by atoms with Crippen molar-refractivity contribution in [2.75, 3.05) is 19.1 Å². The minimum atomic E-state index is 0.357. The third kappa shape index (κ3) is 2.13. The van der Waals surface area contributed by atoms with Crippen LogP contribution in [-0.4, -0.2) is 38.4 Å². The Balaban J connectivity index is 2.12. The van der Waals surface area contributed by atoms with E-state index in [-0.39, 0.29) is 0 Å². The molecule has 6 heteroatoms. The van der Waals surface area contributed by atoms with E-state index >= 15 is 0 Å². The summed E-state index contributed by atoms with van der Waals surface area (Å²) in [5.41, 5.74) is 3.08. The molecule has 1 aliphatic rings. The summed E-state index contributed by atoms with van der Waals surface area (Å²) in [6, 6.07) is 0.357. The second kappa shape index (κ2) is 5.37. The Bertz CT molecular complexity index is 612. The zero-order chi connectivity index (χ0) is 14.3. The Morgan fingerprint density at radius 3 is 2.95 bits per heavy atom. The highest BCUT2D eigenvalue weighted by atomic mass is 35.5. The summed E-state index contributed by atoms with van der Waals surface area (Å²) in [6.45, 7) is 5.95. The lowest BCUT2D eigenvalue weighted by Crippen LogP contribution is -2.20. The molecule has 1 fully saturated rings. The van der Waals surface area contributed by atoms with E-state index in [4.69, 9.17) is 21.3 Å². The smallest absolute Gasteiger partial charge is 0.158 e. The molecule has 0 N–H and O–H groups in total. The van der Waals surface area contributed by atoms with Gasteiger partial charge in [0.2, 0.25) is 0 Å². The average molecular weight is 297 g/mol. The van der Waals surface area contributed by atoms with Crippen molar-refractivity contribution in [1.82, 2.24) is 19.3 Å². The van der Waals surface area contributed by atoms with E-state index in [9.17, 15) is 0 Å². The molecular formula is C14H21ClN4O. The first-order valence-electron chi connectivity index (χ1n) is 7.17. The number of aromatic nitrogens is 4. The molecule has 0 aromatic carbocycles. The third-order valence-electron chi connectivity index (χ3n) is 4.28. The van der Waals surface area contributed by atoms with Crippen molar-refractivity contribution < 1.29 is 4.74 Å². The Morgan fingerprint density at radius 2 is 2.30 bits per heavy atom. The van der Waals surface area contributed by atoms with Crippen LogP contribution in [-0.2, 0) is 18.2 Å². The van der Waals surface area contributed by atoms with Gasteiger partial charge in [0, 0.05) is 37.9 Å². The summed E-state index contributed by atoms with van der Waals surface area (Å²) in [5.74, 6) is 2.19. The molecule has 110 valence electrons. The van der Waals surface area contributed by atoms with E-state index in [2.05, 4.69) is 16.6 Å². The predicted octanol–water partition coefficient (Wildman–Crippen LogP) is 2.46. The number of alkyl halides is 1. The number of rotatable bonds is 4. The first kappa shape index (κ1) is 13.9. The zero-order valence-corrected chi connectivity index (χ0v) is 13.0. The lowest BCUT2D eigenvalue weighted by Gasteiger charge is -2.22. The van der Waals surface area contributed by atoms with Gasteiger partial charge >= 0.3 is 0 Å². The molecule has 0 aliphatic carbocycles. The molecule has 0 radical (unpaired) electrons. The van der Waals surface area contributed by atoms with Gasteiger partial charge in [-0.15, -0.1) is 11.6 Å². The van der Waals surface area contributed by atoms with Crippen molar-refractivity contribution in [3.8, 4) is 0 Å². The molecule has 3 heterocycles. The van der Waals surface area contributed by atoms with Crippen LogP contribution in [0.2, 0.25) is 0 Å². The molecule has 1 aliphatic heterocycles. The summed E-state index contributed by atoms with van der Waals surface area (Å²) in [7, 11) is 1.98. The molecular weight excluding hydrogens is 276 g/mol. The fourth-order valence-corrected chi connectivity index (χ4v) is 3.34. The third-order valence-corrected chi connectivity index (χ3v) is 4.47. The highest BCUT2D eigenvalue weighted by Crippen LogP contribution is 2.31. The van der Waals surface area contributed by atoms with Crippen LogP contribution < -0.4 is 0 Å². The van der Waals surface area contributed by atoms with Crippen molar-refractivity contribution in [3.05, 3.63) is 11.5 Å². The van der Waals surface area contributed by atoms with Gasteiger partial charge in [-0.1, -0.05) is 0 Å². The number of halogens is 1. The van der Waals surface area contributed by atoms with Crippen LogP contribution in [0.15, 0.2) is 0 Å². The molecule has 0 spiro atoms. The molecule has 0 amide bonds. The summed E-state index contributed by atoms with van der Waals surface area (Å²) >= 11 is 5.95. The summed E-state index contributed by atoms with van der Waals surface area (Å²) in [6.07, 6.45) is 1.89. The van der Waals surface area contributed by atoms with E-state index in [1.54, 1.807) is 0 Å². The maximum atomic E-state index is 5.95. The number of nitrogens with zero attached hydrogens (tertiary/aromatic N) is 4. The van der Waals surface area contributed by atoms with Crippen LogP contribution >= 0.6 is 11.6 Å². The van der Waals surface area contributed by atoms with Gasteiger partial charge < -0.3 is 9.30 Å². The predicted molar refractivity (Wildman–Crippen MR) is 79.3 cm³/mol. The lowest BCUT2D eigenvalue weighted by atomic mass is 10.0. The average Bonchev–Trinajstić information content (AvgIpc) is 3.09. The summed E-state index contributed by atoms with van der Waals surface area (Å²) in [4.78, 5) is 4.77. The van der Waals surface area contributed by atoms with Crippen LogP contribution in [0.4, 0.5) is 0 Å². The van der Waals surface area contributed by atoms with Crippen molar-refractivity contribution >= 4 is 22.8 Å². The number of ether oxygens (including phenoxy) is 1. The normalized spacial score (nSPS) is 20.9. The molecule has 2 atom stereocenters. The van der Waals surface area contributed by atoms with Crippen molar-refractivity contribution in [2.24, 2.45) is 13.0 Å². The van der Waals surface area contributed by atoms with Gasteiger partial charge in [0.25, 0.3) is 0 Å². The first-order chi connectivity index (χ1) is 9.63. The first-order valence-corrected chi connectivity index (χ1v) is 7.71. The fourth-order valence-electron chi connectivity index (χ4n) is 3.17. The SMILES string of the molecule is Cc1nn(C)c2c1nc(CCCl)n2C(C)C1CCOC1. The highest BCUT2D eigenvalue weighted by molar-refractivity contribution is 6.17. The van der Waals surface area contributed by atoms with Crippen LogP contribution in [0.3, 0.4) is 0 Å². The molecule has 1 saturated heterocycles. The lowest BCUT2D eigenvalue weighted by molar-refractivity contribution is 0.175. The quantitative estimate of drug-likeness (QED) is 0.814. The second-order valence-corrected chi connectivity index (χ2v) is 5.96. The molecule has 2 aromatic heterocycles. The topological polar surface area (TPSA) is 44.9 Å². The van der Waals surface area contributed by atoms with E-state index in [0.717, 1.165) is 48.7 Å². The van der Waals surface area contributed by atoms with Crippen molar-refractivity contribution in [2.45, 2.75) is 32.7 Å². The Morgan fingerprint density at radius 1 is 1.50 bits per heavy atom. The number of hydrogen-bond acceptors (Lipinski definition) is 3. The Labute approximate surface area is 123 Å². The summed E-state index contributed by atoms with van der Waals surface area (Å²) in [5, 5.41) is 4.49. The standard InChI is InChI=1S/C14H21ClN4O/c1-9-13-14(18(3)17-9)19(12(16-13)4-6-15)10(2)11-5-7-20-8-11/h10-11H,4-8H2,1-3H3. The zero-order valence-electron chi connectivity index (χ0n) is 12.3. The Hall–Kier alpha value is -1.07. The molecule has 0 bridgehead atoms. The van der Waals surface area contributed by atoms with E-state index in [1.807, 2.05) is 18.7 Å². The minimum absolute atomic E-state index is 0.357. The maximum Gasteiger partial charge on any atom is 0.158 e. The Kier molecular flexibility index (Phi) is 3.73. The van der Waals surface area contributed by atoms with Gasteiger partial charge in [-0.2, -0.15) is 5.10 Å². The number of fused-ring (bicyclic) bond motifs is 1. The van der Waals surface area contributed by atoms with Crippen LogP contribution in [0.25, 0.3) is 11.2 Å². The number of aryl methyl sites for hydroxylation is 3. The summed E-state index contributed by atoms with van der Waals surface area (Å²) < 4.78 is 9.79. The molecule has 20 heavy (non-hydrogen) atoms. The largest absolute Gasteiger partial charge is 0.381 e. The molecule has 5 nitrogen and oxygen atoms in total. The van der Waals surface area contributed by atoms with Crippen LogP contribution in [0.1, 0.15) is 30.9 Å². The van der Waals surface area contributed by atoms with E-state index < -0.39 is 0 Å². The van der Waals surface area contributed by atoms with Gasteiger partial charge in [0.05, 0.1) is 12.3 Å². The van der Waals surface area contributed by atoms with Crippen LogP contribution in [0, 0.1) is 12.8 Å². The number of hydrogen-bond donors (Lipinski definition) is 0. The highest BCUT2D eigenvalue weighted by Gasteiger charge is 2.28. The molecule has 0 saturated carbocycles. The number of imidazole rings is 1. The van der Waals surface area contributed by atoms with Gasteiger partial charge in [-0.05, 0) is 20.3 Å². The van der Waals surface area contributed by atoms with E-state index in [0.29, 0.717) is 17.8 Å². The van der Waals surface area contributed by atoms with Crippen molar-refractivity contribution in [3.63, 3.8) is 0 Å². The second-order valence-electron chi connectivity index (χ2n) is 5.58. The van der Waals surface area contributed by atoms with Gasteiger partial charge in [-0.3, -0.25) is 4.68 Å². The monoisotopic (exact) mass is 296 g/mol. The van der Waals surface area contributed by atoms with Gasteiger partial charge in [-0.25, -0.2) is 4.98 Å². The van der Waals surface area contributed by atoms with E-state index in [1.165, 1.54) is 0 Å². The van der Waals surface area contributed by atoms with Gasteiger partial charge in [0.15, 0.2) is 5.65 Å².